The first-order chi connectivity index (χ1) is 12.9. The van der Waals surface area contributed by atoms with E-state index in [0.717, 1.165) is 22.4 Å². The Labute approximate surface area is 157 Å². The molecule has 5 nitrogen and oxygen atoms in total. The first-order valence-corrected chi connectivity index (χ1v) is 8.65. The van der Waals surface area contributed by atoms with Gasteiger partial charge in [-0.05, 0) is 54.8 Å². The fourth-order valence-corrected chi connectivity index (χ4v) is 2.50. The van der Waals surface area contributed by atoms with Crippen LogP contribution >= 0.6 is 0 Å². The van der Waals surface area contributed by atoms with E-state index in [1.807, 2.05) is 26.0 Å². The van der Waals surface area contributed by atoms with Gasteiger partial charge in [0, 0.05) is 6.54 Å². The molecule has 0 saturated carbocycles. The first kappa shape index (κ1) is 20.5. The van der Waals surface area contributed by atoms with Crippen LogP contribution in [0.2, 0.25) is 0 Å². The van der Waals surface area contributed by atoms with Crippen molar-refractivity contribution in [3.63, 3.8) is 0 Å². The number of amides is 2. The van der Waals surface area contributed by atoms with Crippen molar-refractivity contribution < 1.29 is 23.0 Å². The number of carbonyl (C=O) groups excluding carboxylic acids is 1. The summed E-state index contributed by atoms with van der Waals surface area (Å²) in [5, 5.41) is 5.40. The lowest BCUT2D eigenvalue weighted by Crippen LogP contribution is -2.37. The second-order valence-electron chi connectivity index (χ2n) is 6.13. The van der Waals surface area contributed by atoms with Crippen LogP contribution in [0.4, 0.5) is 13.6 Å². The molecule has 0 aliphatic rings. The van der Waals surface area contributed by atoms with Crippen LogP contribution in [0, 0.1) is 13.8 Å². The van der Waals surface area contributed by atoms with Gasteiger partial charge in [-0.3, -0.25) is 0 Å². The van der Waals surface area contributed by atoms with Crippen molar-refractivity contribution in [1.82, 2.24) is 10.6 Å². The van der Waals surface area contributed by atoms with E-state index in [1.54, 1.807) is 24.3 Å². The van der Waals surface area contributed by atoms with Crippen LogP contribution in [-0.2, 0) is 6.54 Å². The summed E-state index contributed by atoms with van der Waals surface area (Å²) < 4.78 is 34.9. The molecule has 146 valence electrons. The normalized spacial score (nSPS) is 10.6. The number of ether oxygens (including phenoxy) is 2. The highest BCUT2D eigenvalue weighted by Gasteiger charge is 2.05. The summed E-state index contributed by atoms with van der Waals surface area (Å²) in [5.41, 5.74) is 2.99. The topological polar surface area (TPSA) is 59.6 Å². The predicted octanol–water partition coefficient (Wildman–Crippen LogP) is 3.83. The lowest BCUT2D eigenvalue weighted by atomic mass is 10.1. The maximum Gasteiger partial charge on any atom is 0.315 e. The summed E-state index contributed by atoms with van der Waals surface area (Å²) in [5.74, 6) is 1.12. The second kappa shape index (κ2) is 10.4. The zero-order valence-electron chi connectivity index (χ0n) is 15.4. The number of aryl methyl sites for hydroxylation is 2. The number of hydrogen-bond acceptors (Lipinski definition) is 3. The number of carbonyl (C=O) groups is 1. The maximum atomic E-state index is 12.2. The molecule has 0 bridgehead atoms. The Morgan fingerprint density at radius 1 is 1.00 bits per heavy atom. The number of rotatable bonds is 9. The molecule has 2 rings (SSSR count). The number of nitrogens with one attached hydrogen (secondary N) is 2. The van der Waals surface area contributed by atoms with Crippen molar-refractivity contribution >= 4 is 6.03 Å². The third-order valence-corrected chi connectivity index (χ3v) is 3.58. The largest absolute Gasteiger partial charge is 0.492 e. The first-order valence-electron chi connectivity index (χ1n) is 8.65. The quantitative estimate of drug-likeness (QED) is 0.652. The van der Waals surface area contributed by atoms with Gasteiger partial charge in [-0.15, -0.1) is 0 Å². The molecule has 0 heterocycles. The minimum atomic E-state index is -2.52. The molecule has 0 spiro atoms. The van der Waals surface area contributed by atoms with Crippen LogP contribution in [0.3, 0.4) is 0 Å². The monoisotopic (exact) mass is 378 g/mol. The molecular weight excluding hydrogens is 354 g/mol. The van der Waals surface area contributed by atoms with E-state index in [-0.39, 0.29) is 12.6 Å². The average Bonchev–Trinajstić information content (AvgIpc) is 2.61. The van der Waals surface area contributed by atoms with Crippen molar-refractivity contribution in [2.24, 2.45) is 0 Å². The maximum absolute atomic E-state index is 12.2. The third kappa shape index (κ3) is 7.94. The molecule has 27 heavy (non-hydrogen) atoms. The highest BCUT2D eigenvalue weighted by molar-refractivity contribution is 5.73. The molecule has 0 aliphatic heterocycles. The molecule has 0 fully saturated rings. The van der Waals surface area contributed by atoms with E-state index in [1.165, 1.54) is 0 Å². The Hall–Kier alpha value is -2.83. The third-order valence-electron chi connectivity index (χ3n) is 3.58. The van der Waals surface area contributed by atoms with Crippen LogP contribution < -0.4 is 20.1 Å². The van der Waals surface area contributed by atoms with Crippen molar-refractivity contribution in [3.8, 4) is 11.5 Å². The van der Waals surface area contributed by atoms with E-state index in [2.05, 4.69) is 16.7 Å². The van der Waals surface area contributed by atoms with E-state index in [9.17, 15) is 13.6 Å². The summed E-state index contributed by atoms with van der Waals surface area (Å²) in [6.07, 6.45) is -2.52. The lowest BCUT2D eigenvalue weighted by molar-refractivity contribution is 0.0818. The minimum Gasteiger partial charge on any atom is -0.492 e. The predicted molar refractivity (Wildman–Crippen MR) is 99.6 cm³/mol. The Kier molecular flexibility index (Phi) is 7.85. The van der Waals surface area contributed by atoms with Crippen molar-refractivity contribution in [2.75, 3.05) is 19.8 Å². The SMILES string of the molecule is Cc1cc(C)cc(OCCNC(=O)NCc2cccc(OCC(F)F)c2)c1. The van der Waals surface area contributed by atoms with Gasteiger partial charge < -0.3 is 20.1 Å². The molecule has 0 aliphatic carbocycles. The van der Waals surface area contributed by atoms with E-state index in [0.29, 0.717) is 18.9 Å². The Balaban J connectivity index is 1.68. The number of halogens is 2. The van der Waals surface area contributed by atoms with E-state index in [4.69, 9.17) is 9.47 Å². The van der Waals surface area contributed by atoms with Gasteiger partial charge in [-0.1, -0.05) is 18.2 Å². The smallest absolute Gasteiger partial charge is 0.315 e. The summed E-state index contributed by atoms with van der Waals surface area (Å²) >= 11 is 0. The van der Waals surface area contributed by atoms with Crippen molar-refractivity contribution in [2.45, 2.75) is 26.8 Å². The second-order valence-corrected chi connectivity index (χ2v) is 6.13. The average molecular weight is 378 g/mol. The molecule has 2 N–H and O–H groups in total. The van der Waals surface area contributed by atoms with E-state index < -0.39 is 13.0 Å². The molecular formula is C20H24F2N2O3. The fourth-order valence-electron chi connectivity index (χ4n) is 2.50. The van der Waals surface area contributed by atoms with Gasteiger partial charge in [-0.2, -0.15) is 0 Å². The highest BCUT2D eigenvalue weighted by atomic mass is 19.3. The molecule has 2 aromatic rings. The summed E-state index contributed by atoms with van der Waals surface area (Å²) in [6, 6.07) is 12.3. The van der Waals surface area contributed by atoms with Crippen LogP contribution in [0.1, 0.15) is 16.7 Å². The van der Waals surface area contributed by atoms with Gasteiger partial charge >= 0.3 is 6.03 Å². The molecule has 7 heteroatoms. The number of urea groups is 1. The van der Waals surface area contributed by atoms with Crippen LogP contribution in [-0.4, -0.2) is 32.2 Å². The summed E-state index contributed by atoms with van der Waals surface area (Å²) in [6.45, 7) is 4.31. The molecule has 2 amide bonds. The van der Waals surface area contributed by atoms with Crippen molar-refractivity contribution in [1.29, 1.82) is 0 Å². The highest BCUT2D eigenvalue weighted by Crippen LogP contribution is 2.16. The standard InChI is InChI=1S/C20H24F2N2O3/c1-14-8-15(2)10-18(9-14)26-7-6-23-20(25)24-12-16-4-3-5-17(11-16)27-13-19(21)22/h3-5,8-11,19H,6-7,12-13H2,1-2H3,(H2,23,24,25). The molecule has 0 atom stereocenters. The minimum absolute atomic E-state index is 0.260. The van der Waals surface area contributed by atoms with Gasteiger partial charge in [0.15, 0.2) is 0 Å². The van der Waals surface area contributed by atoms with Crippen LogP contribution in [0.25, 0.3) is 0 Å². The van der Waals surface area contributed by atoms with Crippen molar-refractivity contribution in [3.05, 3.63) is 59.2 Å². The Morgan fingerprint density at radius 2 is 1.74 bits per heavy atom. The Morgan fingerprint density at radius 3 is 2.44 bits per heavy atom. The van der Waals surface area contributed by atoms with Gasteiger partial charge in [-0.25, -0.2) is 13.6 Å². The lowest BCUT2D eigenvalue weighted by Gasteiger charge is -2.11. The van der Waals surface area contributed by atoms with Gasteiger partial charge in [0.2, 0.25) is 0 Å². The summed E-state index contributed by atoms with van der Waals surface area (Å²) in [4.78, 5) is 11.8. The van der Waals surface area contributed by atoms with Gasteiger partial charge in [0.1, 0.15) is 24.7 Å². The van der Waals surface area contributed by atoms with Gasteiger partial charge in [0.05, 0.1) is 6.54 Å². The van der Waals surface area contributed by atoms with Gasteiger partial charge in [0.25, 0.3) is 6.43 Å². The number of alkyl halides is 2. The molecule has 2 aromatic carbocycles. The summed E-state index contributed by atoms with van der Waals surface area (Å²) in [7, 11) is 0. The Bertz CT molecular complexity index is 734. The van der Waals surface area contributed by atoms with Crippen LogP contribution in [0.15, 0.2) is 42.5 Å². The molecule has 0 unspecified atom stereocenters. The fraction of sp³-hybridized carbons (Fsp3) is 0.350. The molecule has 0 radical (unpaired) electrons. The van der Waals surface area contributed by atoms with E-state index >= 15 is 0 Å². The molecule has 0 aromatic heterocycles. The number of benzene rings is 2. The number of hydrogen-bond donors (Lipinski definition) is 2. The molecule has 0 saturated heterocycles. The zero-order valence-corrected chi connectivity index (χ0v) is 15.4. The zero-order chi connectivity index (χ0) is 19.6. The van der Waals surface area contributed by atoms with Crippen LogP contribution in [0.5, 0.6) is 11.5 Å².